The Morgan fingerprint density at radius 1 is 0.889 bits per heavy atom. The van der Waals surface area contributed by atoms with E-state index in [1.54, 1.807) is 0 Å². The van der Waals surface area contributed by atoms with Crippen LogP contribution in [-0.2, 0) is 6.18 Å². The molecule has 0 saturated carbocycles. The normalized spacial score (nSPS) is 11.3. The van der Waals surface area contributed by atoms with Crippen molar-refractivity contribution in [2.24, 2.45) is 0 Å². The summed E-state index contributed by atoms with van der Waals surface area (Å²) in [5.74, 6) is 0.664. The number of hydrogen-bond acceptors (Lipinski definition) is 5. The van der Waals surface area contributed by atoms with E-state index in [-0.39, 0.29) is 5.95 Å². The number of anilines is 4. The van der Waals surface area contributed by atoms with Crippen molar-refractivity contribution in [1.29, 1.82) is 0 Å². The van der Waals surface area contributed by atoms with E-state index in [0.717, 1.165) is 28.9 Å². The molecule has 0 fully saturated rings. The maximum Gasteiger partial charge on any atom is 0.416 e. The number of aryl methyl sites for hydroxylation is 3. The molecule has 0 amide bonds. The van der Waals surface area contributed by atoms with Crippen molar-refractivity contribution in [2.75, 3.05) is 10.6 Å². The van der Waals surface area contributed by atoms with Gasteiger partial charge in [-0.05, 0) is 56.2 Å². The molecule has 8 heteroatoms. The number of benzene rings is 2. The van der Waals surface area contributed by atoms with Crippen molar-refractivity contribution < 1.29 is 13.2 Å². The molecule has 0 aliphatic rings. The minimum absolute atomic E-state index is 0.183. The van der Waals surface area contributed by atoms with Gasteiger partial charge in [-0.3, -0.25) is 0 Å². The number of hydrogen-bond donors (Lipinski definition) is 2. The van der Waals surface area contributed by atoms with Gasteiger partial charge < -0.3 is 10.6 Å². The van der Waals surface area contributed by atoms with Gasteiger partial charge in [0.25, 0.3) is 0 Å². The molecule has 0 saturated heterocycles. The molecule has 0 spiro atoms. The van der Waals surface area contributed by atoms with Crippen LogP contribution in [0.4, 0.5) is 36.3 Å². The number of alkyl halides is 3. The Balaban J connectivity index is 1.78. The molecular weight excluding hydrogens is 355 g/mol. The fourth-order valence-corrected chi connectivity index (χ4v) is 2.79. The van der Waals surface area contributed by atoms with Crippen LogP contribution >= 0.6 is 0 Å². The zero-order valence-corrected chi connectivity index (χ0v) is 15.0. The summed E-state index contributed by atoms with van der Waals surface area (Å²) in [6.45, 7) is 6.03. The molecule has 0 unspecified atom stereocenters. The van der Waals surface area contributed by atoms with E-state index in [1.165, 1.54) is 23.9 Å². The lowest BCUT2D eigenvalue weighted by atomic mass is 10.1. The number of aromatic nitrogens is 3. The summed E-state index contributed by atoms with van der Waals surface area (Å²) in [5, 5.41) is 13.8. The van der Waals surface area contributed by atoms with Gasteiger partial charge in [0.05, 0.1) is 11.8 Å². The summed E-state index contributed by atoms with van der Waals surface area (Å²) >= 11 is 0. The second kappa shape index (κ2) is 7.22. The first-order valence-corrected chi connectivity index (χ1v) is 8.21. The Hall–Kier alpha value is -3.16. The second-order valence-corrected chi connectivity index (χ2v) is 6.26. The van der Waals surface area contributed by atoms with Gasteiger partial charge in [-0.25, -0.2) is 0 Å². The minimum atomic E-state index is -4.37. The van der Waals surface area contributed by atoms with Crippen LogP contribution in [0.25, 0.3) is 0 Å². The third-order valence-electron chi connectivity index (χ3n) is 3.96. The molecule has 3 rings (SSSR count). The van der Waals surface area contributed by atoms with E-state index in [9.17, 15) is 13.2 Å². The Bertz CT molecular complexity index is 929. The quantitative estimate of drug-likeness (QED) is 0.649. The average molecular weight is 373 g/mol. The Labute approximate surface area is 154 Å². The highest BCUT2D eigenvalue weighted by Gasteiger charge is 2.29. The van der Waals surface area contributed by atoms with Crippen molar-refractivity contribution in [2.45, 2.75) is 26.9 Å². The maximum absolute atomic E-state index is 12.6. The summed E-state index contributed by atoms with van der Waals surface area (Å²) < 4.78 is 37.9. The van der Waals surface area contributed by atoms with E-state index in [4.69, 9.17) is 0 Å². The van der Waals surface area contributed by atoms with Gasteiger partial charge in [0.2, 0.25) is 5.95 Å². The topological polar surface area (TPSA) is 62.7 Å². The smallest absolute Gasteiger partial charge is 0.338 e. The van der Waals surface area contributed by atoms with Crippen LogP contribution in [-0.4, -0.2) is 15.2 Å². The molecule has 1 aromatic heterocycles. The van der Waals surface area contributed by atoms with Crippen LogP contribution in [0.15, 0.2) is 42.6 Å². The first kappa shape index (κ1) is 18.6. The van der Waals surface area contributed by atoms with Crippen molar-refractivity contribution >= 4 is 23.1 Å². The third kappa shape index (κ3) is 4.52. The Morgan fingerprint density at radius 3 is 2.11 bits per heavy atom. The zero-order valence-electron chi connectivity index (χ0n) is 15.0. The monoisotopic (exact) mass is 373 g/mol. The van der Waals surface area contributed by atoms with E-state index in [0.29, 0.717) is 11.5 Å². The molecule has 1 heterocycles. The number of nitrogens with zero attached hydrogens (tertiary/aromatic N) is 3. The third-order valence-corrected chi connectivity index (χ3v) is 3.96. The van der Waals surface area contributed by atoms with Crippen LogP contribution < -0.4 is 10.6 Å². The molecule has 0 bridgehead atoms. The van der Waals surface area contributed by atoms with Gasteiger partial charge in [0.1, 0.15) is 0 Å². The summed E-state index contributed by atoms with van der Waals surface area (Å²) in [6, 6.07) is 8.76. The summed E-state index contributed by atoms with van der Waals surface area (Å²) in [5.41, 5.74) is 3.96. The van der Waals surface area contributed by atoms with Gasteiger partial charge in [0.15, 0.2) is 5.82 Å². The van der Waals surface area contributed by atoms with E-state index < -0.39 is 11.7 Å². The van der Waals surface area contributed by atoms with Crippen molar-refractivity contribution in [3.05, 3.63) is 64.8 Å². The standard InChI is InChI=1S/C19H18F3N5/c1-11-8-12(2)17(13(3)9-11)25-16-10-23-27-18(26-16)24-15-6-4-14(5-7-15)19(20,21)22/h4-10H,1-3H3,(H2,24,25,26,27). The highest BCUT2D eigenvalue weighted by Crippen LogP contribution is 2.30. The summed E-state index contributed by atoms with van der Waals surface area (Å²) in [4.78, 5) is 4.32. The minimum Gasteiger partial charge on any atom is -0.338 e. The highest BCUT2D eigenvalue weighted by atomic mass is 19.4. The van der Waals surface area contributed by atoms with E-state index in [1.807, 2.05) is 20.8 Å². The first-order chi connectivity index (χ1) is 12.7. The molecule has 0 atom stereocenters. The number of rotatable bonds is 4. The van der Waals surface area contributed by atoms with E-state index >= 15 is 0 Å². The van der Waals surface area contributed by atoms with Crippen LogP contribution in [0.2, 0.25) is 0 Å². The second-order valence-electron chi connectivity index (χ2n) is 6.26. The number of nitrogens with one attached hydrogen (secondary N) is 2. The lowest BCUT2D eigenvalue weighted by Crippen LogP contribution is -2.06. The average Bonchev–Trinajstić information content (AvgIpc) is 2.58. The first-order valence-electron chi connectivity index (χ1n) is 8.21. The molecule has 0 aliphatic heterocycles. The van der Waals surface area contributed by atoms with Crippen molar-refractivity contribution in [3.63, 3.8) is 0 Å². The highest BCUT2D eigenvalue weighted by molar-refractivity contribution is 5.65. The molecule has 2 N–H and O–H groups in total. The SMILES string of the molecule is Cc1cc(C)c(Nc2cnnc(Nc3ccc(C(F)(F)F)cc3)n2)c(C)c1. The summed E-state index contributed by atoms with van der Waals surface area (Å²) in [7, 11) is 0. The molecular formula is C19H18F3N5. The molecule has 5 nitrogen and oxygen atoms in total. The van der Waals surface area contributed by atoms with Gasteiger partial charge in [-0.15, -0.1) is 5.10 Å². The van der Waals surface area contributed by atoms with Gasteiger partial charge in [0, 0.05) is 11.4 Å². The van der Waals surface area contributed by atoms with E-state index in [2.05, 4.69) is 37.9 Å². The number of halogens is 3. The summed E-state index contributed by atoms with van der Waals surface area (Å²) in [6.07, 6.45) is -2.89. The largest absolute Gasteiger partial charge is 0.416 e. The fraction of sp³-hybridized carbons (Fsp3) is 0.211. The molecule has 0 aliphatic carbocycles. The zero-order chi connectivity index (χ0) is 19.6. The maximum atomic E-state index is 12.6. The predicted octanol–water partition coefficient (Wildman–Crippen LogP) is 5.30. The van der Waals surface area contributed by atoms with Crippen molar-refractivity contribution in [1.82, 2.24) is 15.2 Å². The van der Waals surface area contributed by atoms with Crippen molar-refractivity contribution in [3.8, 4) is 0 Å². The molecule has 27 heavy (non-hydrogen) atoms. The van der Waals surface area contributed by atoms with Gasteiger partial charge in [-0.1, -0.05) is 17.7 Å². The fourth-order valence-electron chi connectivity index (χ4n) is 2.79. The lowest BCUT2D eigenvalue weighted by molar-refractivity contribution is -0.137. The van der Waals surface area contributed by atoms with Gasteiger partial charge >= 0.3 is 6.18 Å². The Kier molecular flexibility index (Phi) is 4.98. The Morgan fingerprint density at radius 2 is 1.52 bits per heavy atom. The van der Waals surface area contributed by atoms with Crippen LogP contribution in [0.5, 0.6) is 0 Å². The molecule has 3 aromatic rings. The van der Waals surface area contributed by atoms with Gasteiger partial charge in [-0.2, -0.15) is 23.3 Å². The molecule has 140 valence electrons. The van der Waals surface area contributed by atoms with Crippen LogP contribution in [0.3, 0.4) is 0 Å². The molecule has 0 radical (unpaired) electrons. The molecule has 2 aromatic carbocycles. The lowest BCUT2D eigenvalue weighted by Gasteiger charge is -2.13. The predicted molar refractivity (Wildman–Crippen MR) is 98.5 cm³/mol. The van der Waals surface area contributed by atoms with Crippen LogP contribution in [0.1, 0.15) is 22.3 Å². The van der Waals surface area contributed by atoms with Crippen LogP contribution in [0, 0.1) is 20.8 Å².